The van der Waals surface area contributed by atoms with Gasteiger partial charge in [0.2, 0.25) is 0 Å². The first-order valence-corrected chi connectivity index (χ1v) is 6.34. The summed E-state index contributed by atoms with van der Waals surface area (Å²) in [7, 11) is 0. The monoisotopic (exact) mass is 224 g/mol. The van der Waals surface area contributed by atoms with Crippen molar-refractivity contribution in [3.63, 3.8) is 0 Å². The first-order valence-electron chi connectivity index (χ1n) is 6.34. The van der Waals surface area contributed by atoms with Gasteiger partial charge < -0.3 is 9.84 Å². The number of carbonyl (C=O) groups is 1. The van der Waals surface area contributed by atoms with E-state index in [0.29, 0.717) is 30.1 Å². The minimum absolute atomic E-state index is 0.140. The van der Waals surface area contributed by atoms with Gasteiger partial charge in [-0.15, -0.1) is 0 Å². The highest BCUT2D eigenvalue weighted by Crippen LogP contribution is 2.37. The minimum Gasteiger partial charge on any atom is -0.494 e. The van der Waals surface area contributed by atoms with Crippen LogP contribution in [0.3, 0.4) is 0 Å². The number of carboxylic acid groups (broad SMARTS) is 1. The van der Waals surface area contributed by atoms with Gasteiger partial charge in [-0.3, -0.25) is 0 Å². The molecule has 1 saturated carbocycles. The number of hydrogen-bond donors (Lipinski definition) is 1. The molecule has 0 radical (unpaired) electrons. The van der Waals surface area contributed by atoms with Crippen LogP contribution in [0.2, 0.25) is 0 Å². The molecule has 0 aromatic heterocycles. The largest absolute Gasteiger partial charge is 0.494 e. The summed E-state index contributed by atoms with van der Waals surface area (Å²) in [6.45, 7) is 1.96. The van der Waals surface area contributed by atoms with Gasteiger partial charge in [-0.2, -0.15) is 0 Å². The summed E-state index contributed by atoms with van der Waals surface area (Å²) in [6, 6.07) is 0. The summed E-state index contributed by atoms with van der Waals surface area (Å²) in [5.41, 5.74) is 0.512. The number of carboxylic acids is 1. The molecule has 16 heavy (non-hydrogen) atoms. The molecule has 0 saturated heterocycles. The summed E-state index contributed by atoms with van der Waals surface area (Å²) in [6.07, 6.45) is 7.73. The zero-order chi connectivity index (χ0) is 11.5. The lowest BCUT2D eigenvalue weighted by molar-refractivity contribution is -0.132. The highest BCUT2D eigenvalue weighted by molar-refractivity contribution is 5.87. The second-order valence-electron chi connectivity index (χ2n) is 4.82. The zero-order valence-electron chi connectivity index (χ0n) is 9.87. The van der Waals surface area contributed by atoms with Crippen molar-refractivity contribution in [1.82, 2.24) is 0 Å². The van der Waals surface area contributed by atoms with E-state index in [9.17, 15) is 4.79 Å². The molecule has 1 unspecified atom stereocenters. The SMILES string of the molecule is CCC1=C(C(=O)O)CC(C2CCCCC2)O1. The lowest BCUT2D eigenvalue weighted by Gasteiger charge is -2.27. The molecule has 0 bridgehead atoms. The first-order chi connectivity index (χ1) is 7.72. The van der Waals surface area contributed by atoms with E-state index in [1.54, 1.807) is 0 Å². The van der Waals surface area contributed by atoms with Crippen LogP contribution in [0.5, 0.6) is 0 Å². The van der Waals surface area contributed by atoms with Crippen LogP contribution in [0.4, 0.5) is 0 Å². The van der Waals surface area contributed by atoms with Gasteiger partial charge >= 0.3 is 5.97 Å². The van der Waals surface area contributed by atoms with Crippen LogP contribution in [-0.4, -0.2) is 17.2 Å². The summed E-state index contributed by atoms with van der Waals surface area (Å²) in [5, 5.41) is 9.09. The number of aliphatic carboxylic acids is 1. The predicted octanol–water partition coefficient (Wildman–Crippen LogP) is 3.10. The van der Waals surface area contributed by atoms with E-state index < -0.39 is 5.97 Å². The van der Waals surface area contributed by atoms with Gasteiger partial charge in [-0.25, -0.2) is 4.79 Å². The van der Waals surface area contributed by atoms with Gasteiger partial charge in [0, 0.05) is 12.8 Å². The molecule has 1 atom stereocenters. The Labute approximate surface area is 96.5 Å². The van der Waals surface area contributed by atoms with Crippen LogP contribution in [0.15, 0.2) is 11.3 Å². The Bertz CT molecular complexity index is 300. The van der Waals surface area contributed by atoms with Crippen LogP contribution in [0.25, 0.3) is 0 Å². The van der Waals surface area contributed by atoms with Gasteiger partial charge in [-0.1, -0.05) is 26.2 Å². The maximum atomic E-state index is 11.1. The highest BCUT2D eigenvalue weighted by Gasteiger charge is 2.34. The van der Waals surface area contributed by atoms with E-state index in [1.165, 1.54) is 32.1 Å². The molecule has 0 amide bonds. The molecular formula is C13H20O3. The molecule has 3 heteroatoms. The lowest BCUT2D eigenvalue weighted by atomic mass is 9.83. The highest BCUT2D eigenvalue weighted by atomic mass is 16.5. The number of hydrogen-bond acceptors (Lipinski definition) is 2. The van der Waals surface area contributed by atoms with Crippen molar-refractivity contribution in [2.24, 2.45) is 5.92 Å². The van der Waals surface area contributed by atoms with Crippen molar-refractivity contribution in [2.75, 3.05) is 0 Å². The molecule has 1 aliphatic heterocycles. The lowest BCUT2D eigenvalue weighted by Crippen LogP contribution is -2.23. The third kappa shape index (κ3) is 2.23. The Kier molecular flexibility index (Phi) is 3.52. The van der Waals surface area contributed by atoms with Gasteiger partial charge in [0.25, 0.3) is 0 Å². The molecular weight excluding hydrogens is 204 g/mol. The van der Waals surface area contributed by atoms with Crippen LogP contribution in [-0.2, 0) is 9.53 Å². The summed E-state index contributed by atoms with van der Waals surface area (Å²) < 4.78 is 5.82. The fraction of sp³-hybridized carbons (Fsp3) is 0.769. The smallest absolute Gasteiger partial charge is 0.335 e. The average molecular weight is 224 g/mol. The molecule has 1 heterocycles. The fourth-order valence-electron chi connectivity index (χ4n) is 2.88. The average Bonchev–Trinajstić information content (AvgIpc) is 2.74. The van der Waals surface area contributed by atoms with Crippen LogP contribution in [0.1, 0.15) is 51.9 Å². The number of allylic oxidation sites excluding steroid dienone is 1. The second-order valence-corrected chi connectivity index (χ2v) is 4.82. The number of rotatable bonds is 3. The van der Waals surface area contributed by atoms with Gasteiger partial charge in [0.05, 0.1) is 5.57 Å². The van der Waals surface area contributed by atoms with Crippen molar-refractivity contribution in [1.29, 1.82) is 0 Å². The van der Waals surface area contributed by atoms with Crippen LogP contribution >= 0.6 is 0 Å². The number of ether oxygens (including phenoxy) is 1. The molecule has 0 spiro atoms. The zero-order valence-corrected chi connectivity index (χ0v) is 9.87. The van der Waals surface area contributed by atoms with Crippen LogP contribution in [0, 0.1) is 5.92 Å². The third-order valence-electron chi connectivity index (χ3n) is 3.79. The molecule has 0 aromatic carbocycles. The molecule has 1 aliphatic carbocycles. The Morgan fingerprint density at radius 1 is 1.38 bits per heavy atom. The van der Waals surface area contributed by atoms with Crippen molar-refractivity contribution in [3.05, 3.63) is 11.3 Å². The topological polar surface area (TPSA) is 46.5 Å². The van der Waals surface area contributed by atoms with Gasteiger partial charge in [0.15, 0.2) is 0 Å². The van der Waals surface area contributed by atoms with Gasteiger partial charge in [0.1, 0.15) is 11.9 Å². The normalized spacial score (nSPS) is 26.9. The van der Waals surface area contributed by atoms with E-state index in [4.69, 9.17) is 9.84 Å². The Morgan fingerprint density at radius 2 is 2.06 bits per heavy atom. The van der Waals surface area contributed by atoms with Crippen molar-refractivity contribution >= 4 is 5.97 Å². The maximum absolute atomic E-state index is 11.1. The summed E-state index contributed by atoms with van der Waals surface area (Å²) >= 11 is 0. The van der Waals surface area contributed by atoms with Crippen molar-refractivity contribution in [3.8, 4) is 0 Å². The van der Waals surface area contributed by atoms with Gasteiger partial charge in [-0.05, 0) is 18.8 Å². The summed E-state index contributed by atoms with van der Waals surface area (Å²) in [4.78, 5) is 11.1. The Hall–Kier alpha value is -0.990. The Morgan fingerprint density at radius 3 is 2.56 bits per heavy atom. The van der Waals surface area contributed by atoms with E-state index >= 15 is 0 Å². The van der Waals surface area contributed by atoms with Crippen molar-refractivity contribution in [2.45, 2.75) is 58.0 Å². The fourth-order valence-corrected chi connectivity index (χ4v) is 2.88. The Balaban J connectivity index is 2.00. The molecule has 3 nitrogen and oxygen atoms in total. The van der Waals surface area contributed by atoms with E-state index in [-0.39, 0.29) is 6.10 Å². The second kappa shape index (κ2) is 4.89. The standard InChI is InChI=1S/C13H20O3/c1-2-11-10(13(14)15)8-12(16-11)9-6-4-3-5-7-9/h9,12H,2-8H2,1H3,(H,14,15). The molecule has 2 rings (SSSR count). The third-order valence-corrected chi connectivity index (χ3v) is 3.79. The van der Waals surface area contributed by atoms with E-state index in [1.807, 2.05) is 6.92 Å². The quantitative estimate of drug-likeness (QED) is 0.801. The maximum Gasteiger partial charge on any atom is 0.335 e. The van der Waals surface area contributed by atoms with Crippen molar-refractivity contribution < 1.29 is 14.6 Å². The minimum atomic E-state index is -0.796. The molecule has 90 valence electrons. The van der Waals surface area contributed by atoms with E-state index in [0.717, 1.165) is 0 Å². The van der Waals surface area contributed by atoms with E-state index in [2.05, 4.69) is 0 Å². The molecule has 1 N–H and O–H groups in total. The molecule has 1 fully saturated rings. The summed E-state index contributed by atoms with van der Waals surface area (Å²) in [5.74, 6) is 0.491. The molecule has 0 aromatic rings. The molecule has 2 aliphatic rings. The van der Waals surface area contributed by atoms with Crippen LogP contribution < -0.4 is 0 Å². The first kappa shape index (κ1) is 11.5. The predicted molar refractivity (Wildman–Crippen MR) is 61.0 cm³/mol.